The van der Waals surface area contributed by atoms with E-state index >= 15 is 0 Å². The molecule has 5 nitrogen and oxygen atoms in total. The molecule has 0 aliphatic rings. The molecule has 0 bridgehead atoms. The van der Waals surface area contributed by atoms with Crippen molar-refractivity contribution in [1.29, 1.82) is 0 Å². The fourth-order valence-electron chi connectivity index (χ4n) is 3.35. The third kappa shape index (κ3) is 4.51. The highest BCUT2D eigenvalue weighted by atomic mass is 16.2. The molecule has 0 saturated carbocycles. The van der Waals surface area contributed by atoms with Gasteiger partial charge in [-0.15, -0.1) is 0 Å². The van der Waals surface area contributed by atoms with Crippen LogP contribution in [0.25, 0.3) is 10.9 Å². The molecule has 0 saturated heterocycles. The van der Waals surface area contributed by atoms with Gasteiger partial charge in [-0.1, -0.05) is 45.2 Å². The van der Waals surface area contributed by atoms with Gasteiger partial charge in [-0.3, -0.25) is 14.2 Å². The van der Waals surface area contributed by atoms with E-state index in [-0.39, 0.29) is 17.5 Å². The average Bonchev–Trinajstić information content (AvgIpc) is 2.64. The summed E-state index contributed by atoms with van der Waals surface area (Å²) >= 11 is 0. The Morgan fingerprint density at radius 3 is 2.58 bits per heavy atom. The summed E-state index contributed by atoms with van der Waals surface area (Å²) in [6, 6.07) is 7.15. The number of carbonyl (C=O) groups excluding carboxylic acids is 1. The number of carbonyl (C=O) groups is 1. The van der Waals surface area contributed by atoms with Crippen molar-refractivity contribution in [3.8, 4) is 0 Å². The maximum atomic E-state index is 12.7. The first-order valence-electron chi connectivity index (χ1n) is 9.76. The Morgan fingerprint density at radius 1 is 1.15 bits per heavy atom. The molecule has 1 aromatic carbocycles. The molecule has 0 aliphatic heterocycles. The van der Waals surface area contributed by atoms with Crippen molar-refractivity contribution in [2.75, 3.05) is 6.54 Å². The molecule has 2 rings (SSSR count). The Bertz CT molecular complexity index is 797. The minimum Gasteiger partial charge on any atom is -0.333 e. The SMILES string of the molecule is CCCCCCN(C(=O)CCC)C(C)c1nc2ccccc2c(=O)n1C. The molecule has 0 aliphatic carbocycles. The zero-order chi connectivity index (χ0) is 19.1. The molecular formula is C21H31N3O2. The Labute approximate surface area is 156 Å². The van der Waals surface area contributed by atoms with Gasteiger partial charge in [-0.25, -0.2) is 4.98 Å². The van der Waals surface area contributed by atoms with Crippen molar-refractivity contribution in [3.63, 3.8) is 0 Å². The molecule has 1 aromatic heterocycles. The van der Waals surface area contributed by atoms with Gasteiger partial charge < -0.3 is 4.90 Å². The van der Waals surface area contributed by atoms with E-state index < -0.39 is 0 Å². The van der Waals surface area contributed by atoms with Crippen LogP contribution in [-0.4, -0.2) is 26.9 Å². The molecule has 0 fully saturated rings. The van der Waals surface area contributed by atoms with E-state index in [0.29, 0.717) is 29.7 Å². The number of nitrogens with zero attached hydrogens (tertiary/aromatic N) is 3. The predicted molar refractivity (Wildman–Crippen MR) is 106 cm³/mol. The van der Waals surface area contributed by atoms with Gasteiger partial charge in [0, 0.05) is 20.0 Å². The van der Waals surface area contributed by atoms with Crippen LogP contribution in [-0.2, 0) is 11.8 Å². The van der Waals surface area contributed by atoms with Gasteiger partial charge in [-0.05, 0) is 31.9 Å². The van der Waals surface area contributed by atoms with E-state index in [1.165, 1.54) is 12.8 Å². The van der Waals surface area contributed by atoms with E-state index in [9.17, 15) is 9.59 Å². The summed E-state index contributed by atoms with van der Waals surface area (Å²) < 4.78 is 1.59. The van der Waals surface area contributed by atoms with E-state index in [1.807, 2.05) is 36.9 Å². The predicted octanol–water partition coefficient (Wildman–Crippen LogP) is 4.20. The van der Waals surface area contributed by atoms with Crippen molar-refractivity contribution in [2.45, 2.75) is 65.3 Å². The van der Waals surface area contributed by atoms with E-state index in [4.69, 9.17) is 4.98 Å². The molecule has 142 valence electrons. The number of rotatable bonds is 9. The number of aromatic nitrogens is 2. The summed E-state index contributed by atoms with van der Waals surface area (Å²) in [5, 5.41) is 0.611. The summed E-state index contributed by atoms with van der Waals surface area (Å²) in [6.07, 6.45) is 5.79. The summed E-state index contributed by atoms with van der Waals surface area (Å²) in [5.74, 6) is 0.785. The number of para-hydroxylation sites is 1. The van der Waals surface area contributed by atoms with Gasteiger partial charge >= 0.3 is 0 Å². The van der Waals surface area contributed by atoms with Crippen LogP contribution in [0, 0.1) is 0 Å². The summed E-state index contributed by atoms with van der Waals surface area (Å²) in [5.41, 5.74) is 0.623. The molecule has 1 atom stereocenters. The summed E-state index contributed by atoms with van der Waals surface area (Å²) in [7, 11) is 1.74. The highest BCUT2D eigenvalue weighted by molar-refractivity contribution is 5.78. The zero-order valence-corrected chi connectivity index (χ0v) is 16.5. The lowest BCUT2D eigenvalue weighted by molar-refractivity contribution is -0.133. The molecule has 1 unspecified atom stereocenters. The Morgan fingerprint density at radius 2 is 1.88 bits per heavy atom. The molecular weight excluding hydrogens is 326 g/mol. The molecule has 5 heteroatoms. The topological polar surface area (TPSA) is 55.2 Å². The number of hydrogen-bond acceptors (Lipinski definition) is 3. The van der Waals surface area contributed by atoms with Crippen LogP contribution in [0.15, 0.2) is 29.1 Å². The normalized spacial score (nSPS) is 12.3. The second-order valence-corrected chi connectivity index (χ2v) is 6.93. The lowest BCUT2D eigenvalue weighted by Gasteiger charge is -2.30. The third-order valence-corrected chi connectivity index (χ3v) is 4.90. The summed E-state index contributed by atoms with van der Waals surface area (Å²) in [4.78, 5) is 32.0. The largest absolute Gasteiger partial charge is 0.333 e. The first-order valence-corrected chi connectivity index (χ1v) is 9.76. The monoisotopic (exact) mass is 357 g/mol. The number of unbranched alkanes of at least 4 members (excludes halogenated alkanes) is 3. The smallest absolute Gasteiger partial charge is 0.261 e. The quantitative estimate of drug-likeness (QED) is 0.632. The summed E-state index contributed by atoms with van der Waals surface area (Å²) in [6.45, 7) is 6.88. The fraction of sp³-hybridized carbons (Fsp3) is 0.571. The van der Waals surface area contributed by atoms with Crippen molar-refractivity contribution in [1.82, 2.24) is 14.5 Å². The third-order valence-electron chi connectivity index (χ3n) is 4.90. The zero-order valence-electron chi connectivity index (χ0n) is 16.5. The molecule has 0 radical (unpaired) electrons. The first kappa shape index (κ1) is 20.1. The van der Waals surface area contributed by atoms with Gasteiger partial charge in [-0.2, -0.15) is 0 Å². The maximum Gasteiger partial charge on any atom is 0.261 e. The van der Waals surface area contributed by atoms with Gasteiger partial charge in [0.05, 0.1) is 16.9 Å². The van der Waals surface area contributed by atoms with Gasteiger partial charge in [0.1, 0.15) is 5.82 Å². The minimum atomic E-state index is -0.224. The van der Waals surface area contributed by atoms with Crippen LogP contribution in [0.4, 0.5) is 0 Å². The van der Waals surface area contributed by atoms with Crippen molar-refractivity contribution in [2.24, 2.45) is 7.05 Å². The number of fused-ring (bicyclic) bond motifs is 1. The standard InChI is InChI=1S/C21H31N3O2/c1-5-7-8-11-15-24(19(25)12-6-2)16(3)20-22-18-14-10-9-13-17(18)21(26)23(20)4/h9-10,13-14,16H,5-8,11-12,15H2,1-4H3. The van der Waals surface area contributed by atoms with Crippen LogP contribution in [0.3, 0.4) is 0 Å². The minimum absolute atomic E-state index is 0.0636. The number of amides is 1. The van der Waals surface area contributed by atoms with E-state index in [0.717, 1.165) is 19.3 Å². The molecule has 2 aromatic rings. The lowest BCUT2D eigenvalue weighted by Crippen LogP contribution is -2.37. The van der Waals surface area contributed by atoms with Crippen LogP contribution >= 0.6 is 0 Å². The Balaban J connectivity index is 2.35. The van der Waals surface area contributed by atoms with E-state index in [2.05, 4.69) is 6.92 Å². The molecule has 1 heterocycles. The first-order chi connectivity index (χ1) is 12.5. The second-order valence-electron chi connectivity index (χ2n) is 6.93. The second kappa shape index (κ2) is 9.51. The Kier molecular flexibility index (Phi) is 7.37. The highest BCUT2D eigenvalue weighted by Gasteiger charge is 2.24. The molecule has 1 amide bonds. The molecule has 26 heavy (non-hydrogen) atoms. The van der Waals surface area contributed by atoms with E-state index in [1.54, 1.807) is 17.7 Å². The lowest BCUT2D eigenvalue weighted by atomic mass is 10.1. The van der Waals surface area contributed by atoms with Crippen LogP contribution in [0.2, 0.25) is 0 Å². The van der Waals surface area contributed by atoms with Gasteiger partial charge in [0.25, 0.3) is 5.56 Å². The van der Waals surface area contributed by atoms with Gasteiger partial charge in [0.2, 0.25) is 5.91 Å². The van der Waals surface area contributed by atoms with Crippen LogP contribution in [0.5, 0.6) is 0 Å². The maximum absolute atomic E-state index is 12.7. The van der Waals surface area contributed by atoms with Crippen LogP contribution in [0.1, 0.15) is 71.2 Å². The number of benzene rings is 1. The average molecular weight is 357 g/mol. The number of hydrogen-bond donors (Lipinski definition) is 0. The van der Waals surface area contributed by atoms with Crippen molar-refractivity contribution < 1.29 is 4.79 Å². The van der Waals surface area contributed by atoms with Gasteiger partial charge in [0.15, 0.2) is 0 Å². The van der Waals surface area contributed by atoms with Crippen LogP contribution < -0.4 is 5.56 Å². The fourth-order valence-corrected chi connectivity index (χ4v) is 3.35. The molecule has 0 spiro atoms. The van der Waals surface area contributed by atoms with Crippen molar-refractivity contribution in [3.05, 3.63) is 40.4 Å². The molecule has 0 N–H and O–H groups in total. The van der Waals surface area contributed by atoms with Crippen molar-refractivity contribution >= 4 is 16.8 Å². The highest BCUT2D eigenvalue weighted by Crippen LogP contribution is 2.21. The Hall–Kier alpha value is -2.17.